The largest absolute Gasteiger partial charge is 0.0654 e. The maximum atomic E-state index is 2.48. The van der Waals surface area contributed by atoms with Gasteiger partial charge >= 0.3 is 0 Å². The third-order valence-corrected chi connectivity index (χ3v) is 6.08. The molecule has 138 valence electrons. The molecule has 26 heavy (non-hydrogen) atoms. The van der Waals surface area contributed by atoms with E-state index in [2.05, 4.69) is 70.2 Å². The summed E-state index contributed by atoms with van der Waals surface area (Å²) in [5.41, 5.74) is 4.37. The molecule has 0 nitrogen and oxygen atoms in total. The van der Waals surface area contributed by atoms with Crippen LogP contribution in [-0.2, 0) is 6.42 Å². The number of benzene rings is 3. The second-order valence-electron chi connectivity index (χ2n) is 8.03. The molecule has 0 atom stereocenters. The van der Waals surface area contributed by atoms with Gasteiger partial charge < -0.3 is 0 Å². The van der Waals surface area contributed by atoms with E-state index in [0.29, 0.717) is 0 Å². The summed E-state index contributed by atoms with van der Waals surface area (Å²) in [6.45, 7) is 9.18. The van der Waals surface area contributed by atoms with Crippen molar-refractivity contribution in [3.05, 3.63) is 59.2 Å². The monoisotopic (exact) mass is 346 g/mol. The number of unbranched alkanes of at least 4 members (excludes halogenated alkanes) is 2. The Morgan fingerprint density at radius 2 is 1.23 bits per heavy atom. The van der Waals surface area contributed by atoms with E-state index < -0.39 is 0 Å². The molecule has 0 heteroatoms. The van der Waals surface area contributed by atoms with Crippen LogP contribution < -0.4 is 0 Å². The molecule has 0 bridgehead atoms. The van der Waals surface area contributed by atoms with E-state index in [0.717, 1.165) is 5.92 Å². The highest BCUT2D eigenvalue weighted by Crippen LogP contribution is 2.33. The predicted octanol–water partition coefficient (Wildman–Crippen LogP) is 8.15. The molecule has 0 aliphatic rings. The van der Waals surface area contributed by atoms with Crippen molar-refractivity contribution in [2.24, 2.45) is 5.92 Å². The SMILES string of the molecule is CCCCC(CCCC)Cc1ccc2c(C)c3ccccc3c(C)c2c1. The van der Waals surface area contributed by atoms with Gasteiger partial charge in [-0.25, -0.2) is 0 Å². The summed E-state index contributed by atoms with van der Waals surface area (Å²) < 4.78 is 0. The van der Waals surface area contributed by atoms with Crippen LogP contribution >= 0.6 is 0 Å². The number of hydrogen-bond acceptors (Lipinski definition) is 0. The number of fused-ring (bicyclic) bond motifs is 2. The minimum absolute atomic E-state index is 0.842. The van der Waals surface area contributed by atoms with Gasteiger partial charge in [-0.15, -0.1) is 0 Å². The van der Waals surface area contributed by atoms with Crippen LogP contribution in [-0.4, -0.2) is 0 Å². The third kappa shape index (κ3) is 3.95. The molecule has 0 fully saturated rings. The zero-order valence-electron chi connectivity index (χ0n) is 17.1. The van der Waals surface area contributed by atoms with E-state index in [-0.39, 0.29) is 0 Å². The number of rotatable bonds is 8. The highest BCUT2D eigenvalue weighted by atomic mass is 14.2. The Balaban J connectivity index is 1.97. The molecule has 0 radical (unpaired) electrons. The van der Waals surface area contributed by atoms with Crippen molar-refractivity contribution in [1.82, 2.24) is 0 Å². The van der Waals surface area contributed by atoms with Gasteiger partial charge in [0.15, 0.2) is 0 Å². The molecule has 0 N–H and O–H groups in total. The van der Waals surface area contributed by atoms with Crippen LogP contribution in [0.3, 0.4) is 0 Å². The lowest BCUT2D eigenvalue weighted by molar-refractivity contribution is 0.417. The van der Waals surface area contributed by atoms with E-state index in [1.54, 1.807) is 0 Å². The normalized spacial score (nSPS) is 11.7. The molecular formula is C26H34. The first-order valence-corrected chi connectivity index (χ1v) is 10.6. The molecular weight excluding hydrogens is 312 g/mol. The van der Waals surface area contributed by atoms with Gasteiger partial charge in [0.1, 0.15) is 0 Å². The molecule has 0 saturated carbocycles. The average Bonchev–Trinajstić information content (AvgIpc) is 2.68. The summed E-state index contributed by atoms with van der Waals surface area (Å²) in [7, 11) is 0. The van der Waals surface area contributed by atoms with Gasteiger partial charge in [-0.05, 0) is 64.4 Å². The summed E-state index contributed by atoms with van der Waals surface area (Å²) in [6.07, 6.45) is 9.35. The minimum Gasteiger partial charge on any atom is -0.0654 e. The first-order chi connectivity index (χ1) is 12.7. The standard InChI is InChI=1S/C26H34/c1-5-7-11-21(12-8-6-2)17-22-15-16-25-19(3)23-13-9-10-14-24(23)20(4)26(25)18-22/h9-10,13-16,18,21H,5-8,11-12,17H2,1-4H3. The fourth-order valence-corrected chi connectivity index (χ4v) is 4.45. The zero-order chi connectivity index (χ0) is 18.5. The molecule has 0 unspecified atom stereocenters. The van der Waals surface area contributed by atoms with E-state index in [1.807, 2.05) is 0 Å². The maximum absolute atomic E-state index is 2.48. The molecule has 0 saturated heterocycles. The van der Waals surface area contributed by atoms with Crippen molar-refractivity contribution in [2.45, 2.75) is 72.6 Å². The molecule has 0 amide bonds. The first-order valence-electron chi connectivity index (χ1n) is 10.6. The van der Waals surface area contributed by atoms with Gasteiger partial charge in [-0.1, -0.05) is 94.8 Å². The molecule has 0 aliphatic heterocycles. The lowest BCUT2D eigenvalue weighted by Gasteiger charge is -2.18. The quantitative estimate of drug-likeness (QED) is 0.361. The van der Waals surface area contributed by atoms with Crippen LogP contribution in [0.25, 0.3) is 21.5 Å². The van der Waals surface area contributed by atoms with E-state index in [1.165, 1.54) is 83.2 Å². The second kappa shape index (κ2) is 8.71. The van der Waals surface area contributed by atoms with E-state index in [4.69, 9.17) is 0 Å². The Kier molecular flexibility index (Phi) is 6.35. The van der Waals surface area contributed by atoms with Gasteiger partial charge in [0.05, 0.1) is 0 Å². The van der Waals surface area contributed by atoms with Crippen molar-refractivity contribution >= 4 is 21.5 Å². The minimum atomic E-state index is 0.842. The molecule has 3 aromatic rings. The Labute approximate surface area is 159 Å². The third-order valence-electron chi connectivity index (χ3n) is 6.08. The number of hydrogen-bond donors (Lipinski definition) is 0. The summed E-state index contributed by atoms with van der Waals surface area (Å²) in [5, 5.41) is 5.67. The van der Waals surface area contributed by atoms with Crippen LogP contribution in [0.4, 0.5) is 0 Å². The molecule has 3 rings (SSSR count). The van der Waals surface area contributed by atoms with Crippen molar-refractivity contribution < 1.29 is 0 Å². The van der Waals surface area contributed by atoms with Gasteiger partial charge in [-0.2, -0.15) is 0 Å². The van der Waals surface area contributed by atoms with Gasteiger partial charge in [-0.3, -0.25) is 0 Å². The highest BCUT2D eigenvalue weighted by Gasteiger charge is 2.12. The van der Waals surface area contributed by atoms with Crippen molar-refractivity contribution in [1.29, 1.82) is 0 Å². The summed E-state index contributed by atoms with van der Waals surface area (Å²) >= 11 is 0. The predicted molar refractivity (Wildman–Crippen MR) is 117 cm³/mol. The molecule has 0 aliphatic carbocycles. The Hall–Kier alpha value is -1.82. The fraction of sp³-hybridized carbons (Fsp3) is 0.462. The van der Waals surface area contributed by atoms with Gasteiger partial charge in [0.25, 0.3) is 0 Å². The first kappa shape index (κ1) is 19.0. The lowest BCUT2D eigenvalue weighted by atomic mass is 9.87. The van der Waals surface area contributed by atoms with Crippen molar-refractivity contribution in [2.75, 3.05) is 0 Å². The Bertz CT molecular complexity index is 864. The van der Waals surface area contributed by atoms with Gasteiger partial charge in [0, 0.05) is 0 Å². The van der Waals surface area contributed by atoms with Crippen LogP contribution in [0, 0.1) is 19.8 Å². The lowest BCUT2D eigenvalue weighted by Crippen LogP contribution is -2.05. The highest BCUT2D eigenvalue weighted by molar-refractivity contribution is 6.05. The average molecular weight is 347 g/mol. The van der Waals surface area contributed by atoms with Crippen molar-refractivity contribution in [3.63, 3.8) is 0 Å². The summed E-state index contributed by atoms with van der Waals surface area (Å²) in [4.78, 5) is 0. The van der Waals surface area contributed by atoms with Crippen LogP contribution in [0.5, 0.6) is 0 Å². The second-order valence-corrected chi connectivity index (χ2v) is 8.03. The maximum Gasteiger partial charge on any atom is -0.0143 e. The number of aryl methyl sites for hydroxylation is 2. The Morgan fingerprint density at radius 3 is 1.81 bits per heavy atom. The molecule has 0 heterocycles. The van der Waals surface area contributed by atoms with Gasteiger partial charge in [0.2, 0.25) is 0 Å². The Morgan fingerprint density at radius 1 is 0.692 bits per heavy atom. The smallest absolute Gasteiger partial charge is 0.0143 e. The molecule has 0 aromatic heterocycles. The van der Waals surface area contributed by atoms with Crippen LogP contribution in [0.15, 0.2) is 42.5 Å². The zero-order valence-corrected chi connectivity index (χ0v) is 17.1. The summed E-state index contributed by atoms with van der Waals surface area (Å²) in [5.74, 6) is 0.842. The topological polar surface area (TPSA) is 0 Å². The van der Waals surface area contributed by atoms with Crippen molar-refractivity contribution in [3.8, 4) is 0 Å². The molecule has 3 aromatic carbocycles. The summed E-state index contributed by atoms with van der Waals surface area (Å²) in [6, 6.07) is 16.1. The van der Waals surface area contributed by atoms with Crippen LogP contribution in [0.2, 0.25) is 0 Å². The van der Waals surface area contributed by atoms with E-state index in [9.17, 15) is 0 Å². The van der Waals surface area contributed by atoms with Crippen LogP contribution in [0.1, 0.15) is 69.1 Å². The molecule has 0 spiro atoms. The van der Waals surface area contributed by atoms with E-state index >= 15 is 0 Å². The fourth-order valence-electron chi connectivity index (χ4n) is 4.45.